The van der Waals surface area contributed by atoms with Crippen LogP contribution in [0.2, 0.25) is 0 Å². The summed E-state index contributed by atoms with van der Waals surface area (Å²) in [6.07, 6.45) is 1.57. The molecule has 0 amide bonds. The number of nitrogens with zero attached hydrogens (tertiary/aromatic N) is 2. The highest BCUT2D eigenvalue weighted by molar-refractivity contribution is 5.74. The first kappa shape index (κ1) is 6.94. The summed E-state index contributed by atoms with van der Waals surface area (Å²) in [4.78, 5) is 0. The van der Waals surface area contributed by atoms with Gasteiger partial charge in [0.1, 0.15) is 0 Å². The number of nitrogens with two attached hydrogens (primary N) is 1. The van der Waals surface area contributed by atoms with Crippen molar-refractivity contribution in [3.63, 3.8) is 0 Å². The maximum atomic E-state index is 6.79. The molecule has 0 aliphatic rings. The zero-order chi connectivity index (χ0) is 6.57. The molecule has 0 fully saturated rings. The third-order valence-electron chi connectivity index (χ3n) is 0.637. The number of hydrogen-bond donors (Lipinski definition) is 2. The monoisotopic (exact) mass is 114 g/mol. The van der Waals surface area contributed by atoms with Crippen LogP contribution in [-0.4, -0.2) is 24.2 Å². The minimum Gasteiger partial charge on any atom is -0.369 e. The summed E-state index contributed by atoms with van der Waals surface area (Å²) in [5.41, 5.74) is 5.02. The Morgan fingerprint density at radius 1 is 1.88 bits per heavy atom. The van der Waals surface area contributed by atoms with Gasteiger partial charge >= 0.3 is 0 Å². The molecule has 3 N–H and O–H groups in total. The lowest BCUT2D eigenvalue weighted by Crippen LogP contribution is -2.28. The topological polar surface area (TPSA) is 65.5 Å². The van der Waals surface area contributed by atoms with Crippen LogP contribution >= 0.6 is 0 Å². The van der Waals surface area contributed by atoms with Crippen molar-refractivity contribution in [2.24, 2.45) is 10.8 Å². The summed E-state index contributed by atoms with van der Waals surface area (Å²) >= 11 is 0. The minimum absolute atomic E-state index is 0.0527. The number of hydrazone groups is 1. The van der Waals surface area contributed by atoms with Gasteiger partial charge in [0, 0.05) is 13.3 Å². The van der Waals surface area contributed by atoms with Gasteiger partial charge in [-0.25, -0.2) is 5.01 Å². The molecule has 0 bridgehead atoms. The average Bonchev–Trinajstić information content (AvgIpc) is 1.67. The largest absolute Gasteiger partial charge is 0.369 e. The van der Waals surface area contributed by atoms with Crippen LogP contribution in [0.25, 0.3) is 0 Å². The lowest BCUT2D eigenvalue weighted by Gasteiger charge is -2.06. The highest BCUT2D eigenvalue weighted by Crippen LogP contribution is 1.75. The van der Waals surface area contributed by atoms with Crippen LogP contribution in [-0.2, 0) is 0 Å². The SMILES string of the molecule is CC=NN(C)C(=N)N. The number of nitrogens with one attached hydrogen (secondary N) is 1. The van der Waals surface area contributed by atoms with Crippen molar-refractivity contribution in [1.82, 2.24) is 5.01 Å². The summed E-state index contributed by atoms with van der Waals surface area (Å²) in [6, 6.07) is 0. The highest BCUT2D eigenvalue weighted by atomic mass is 15.5. The first-order valence-electron chi connectivity index (χ1n) is 2.25. The second kappa shape index (κ2) is 3.01. The fourth-order valence-corrected chi connectivity index (χ4v) is 0.235. The summed E-state index contributed by atoms with van der Waals surface area (Å²) in [5, 5.41) is 11.8. The lowest BCUT2D eigenvalue weighted by molar-refractivity contribution is 0.536. The van der Waals surface area contributed by atoms with E-state index >= 15 is 0 Å². The third-order valence-corrected chi connectivity index (χ3v) is 0.637. The van der Waals surface area contributed by atoms with Crippen LogP contribution in [0.1, 0.15) is 6.92 Å². The average molecular weight is 114 g/mol. The van der Waals surface area contributed by atoms with E-state index in [-0.39, 0.29) is 5.96 Å². The fourth-order valence-electron chi connectivity index (χ4n) is 0.235. The van der Waals surface area contributed by atoms with E-state index in [9.17, 15) is 0 Å². The van der Waals surface area contributed by atoms with Crippen LogP contribution < -0.4 is 5.73 Å². The molecule has 0 radical (unpaired) electrons. The summed E-state index contributed by atoms with van der Waals surface area (Å²) in [6.45, 7) is 1.76. The van der Waals surface area contributed by atoms with Crippen molar-refractivity contribution in [3.8, 4) is 0 Å². The molecule has 0 unspecified atom stereocenters. The van der Waals surface area contributed by atoms with E-state index in [0.717, 1.165) is 0 Å². The molecular formula is C4H10N4. The zero-order valence-corrected chi connectivity index (χ0v) is 5.05. The molecular weight excluding hydrogens is 104 g/mol. The lowest BCUT2D eigenvalue weighted by atomic mass is 10.9. The second-order valence-electron chi connectivity index (χ2n) is 1.28. The van der Waals surface area contributed by atoms with Gasteiger partial charge in [0.25, 0.3) is 0 Å². The normalized spacial score (nSPS) is 9.75. The standard InChI is InChI=1S/C4H10N4/c1-3-7-8(2)4(5)6/h3H,1-2H3,(H3,5,6). The number of rotatable bonds is 1. The van der Waals surface area contributed by atoms with Crippen LogP contribution in [0.3, 0.4) is 0 Å². The summed E-state index contributed by atoms with van der Waals surface area (Å²) in [5.74, 6) is -0.0527. The molecule has 0 aliphatic heterocycles. The molecule has 8 heavy (non-hydrogen) atoms. The molecule has 0 aliphatic carbocycles. The van der Waals surface area contributed by atoms with Gasteiger partial charge in [0.05, 0.1) is 0 Å². The Bertz CT molecular complexity index is 107. The predicted molar refractivity (Wildman–Crippen MR) is 33.8 cm³/mol. The molecule has 4 heteroatoms. The van der Waals surface area contributed by atoms with E-state index in [1.54, 1.807) is 20.2 Å². The Morgan fingerprint density at radius 2 is 2.38 bits per heavy atom. The summed E-state index contributed by atoms with van der Waals surface area (Å²) in [7, 11) is 1.61. The van der Waals surface area contributed by atoms with Crippen LogP contribution in [0.4, 0.5) is 0 Å². The minimum atomic E-state index is -0.0527. The number of hydrogen-bond acceptors (Lipinski definition) is 2. The Kier molecular flexibility index (Phi) is 2.61. The van der Waals surface area contributed by atoms with Gasteiger partial charge in [-0.2, -0.15) is 5.10 Å². The van der Waals surface area contributed by atoms with Gasteiger partial charge in [-0.3, -0.25) is 5.41 Å². The van der Waals surface area contributed by atoms with Gasteiger partial charge in [-0.15, -0.1) is 0 Å². The molecule has 0 atom stereocenters. The van der Waals surface area contributed by atoms with Crippen molar-refractivity contribution in [3.05, 3.63) is 0 Å². The second-order valence-corrected chi connectivity index (χ2v) is 1.28. The van der Waals surface area contributed by atoms with E-state index in [1.165, 1.54) is 5.01 Å². The van der Waals surface area contributed by atoms with Crippen LogP contribution in [0.5, 0.6) is 0 Å². The summed E-state index contributed by atoms with van der Waals surface area (Å²) < 4.78 is 0. The van der Waals surface area contributed by atoms with Crippen molar-refractivity contribution >= 4 is 12.2 Å². The Morgan fingerprint density at radius 3 is 2.50 bits per heavy atom. The maximum Gasteiger partial charge on any atom is 0.208 e. The van der Waals surface area contributed by atoms with Crippen molar-refractivity contribution < 1.29 is 0 Å². The van der Waals surface area contributed by atoms with Gasteiger partial charge in [-0.05, 0) is 6.92 Å². The molecule has 0 saturated carbocycles. The van der Waals surface area contributed by atoms with E-state index in [2.05, 4.69) is 5.10 Å². The first-order chi connectivity index (χ1) is 3.68. The quantitative estimate of drug-likeness (QED) is 0.282. The Balaban J connectivity index is 3.64. The van der Waals surface area contributed by atoms with Crippen molar-refractivity contribution in [2.75, 3.05) is 7.05 Å². The third kappa shape index (κ3) is 2.17. The molecule has 0 spiro atoms. The van der Waals surface area contributed by atoms with E-state index < -0.39 is 0 Å². The van der Waals surface area contributed by atoms with E-state index in [1.807, 2.05) is 0 Å². The Labute approximate surface area is 48.5 Å². The van der Waals surface area contributed by atoms with Gasteiger partial charge < -0.3 is 5.73 Å². The first-order valence-corrected chi connectivity index (χ1v) is 2.25. The van der Waals surface area contributed by atoms with E-state index in [0.29, 0.717) is 0 Å². The van der Waals surface area contributed by atoms with E-state index in [4.69, 9.17) is 11.1 Å². The van der Waals surface area contributed by atoms with Crippen LogP contribution in [0.15, 0.2) is 5.10 Å². The van der Waals surface area contributed by atoms with Crippen molar-refractivity contribution in [1.29, 1.82) is 5.41 Å². The predicted octanol–water partition coefficient (Wildman–Crippen LogP) is -0.183. The smallest absolute Gasteiger partial charge is 0.208 e. The Hall–Kier alpha value is -1.06. The molecule has 0 saturated heterocycles. The van der Waals surface area contributed by atoms with Gasteiger partial charge in [0.2, 0.25) is 5.96 Å². The van der Waals surface area contributed by atoms with Crippen LogP contribution in [0, 0.1) is 5.41 Å². The van der Waals surface area contributed by atoms with Gasteiger partial charge in [-0.1, -0.05) is 0 Å². The molecule has 0 aromatic rings. The molecule has 0 rings (SSSR count). The van der Waals surface area contributed by atoms with Gasteiger partial charge in [0.15, 0.2) is 0 Å². The molecule has 46 valence electrons. The highest BCUT2D eigenvalue weighted by Gasteiger charge is 1.89. The number of guanidine groups is 1. The fraction of sp³-hybridized carbons (Fsp3) is 0.500. The van der Waals surface area contributed by atoms with Crippen molar-refractivity contribution in [2.45, 2.75) is 6.92 Å². The molecule has 4 nitrogen and oxygen atoms in total. The molecule has 0 aromatic carbocycles. The maximum absolute atomic E-state index is 6.79. The molecule has 0 aromatic heterocycles. The zero-order valence-electron chi connectivity index (χ0n) is 5.05. The molecule has 0 heterocycles.